The lowest BCUT2D eigenvalue weighted by Crippen LogP contribution is -2.35. The zero-order chi connectivity index (χ0) is 17.8. The molecule has 2 N–H and O–H groups in total. The Balaban J connectivity index is 1.67. The number of anilines is 1. The molecule has 3 aromatic carbocycles. The first-order valence-corrected chi connectivity index (χ1v) is 8.65. The molecule has 1 amide bonds. The Kier molecular flexibility index (Phi) is 5.31. The summed E-state index contributed by atoms with van der Waals surface area (Å²) in [7, 11) is 0. The van der Waals surface area contributed by atoms with E-state index in [4.69, 9.17) is 23.8 Å². The Bertz CT molecular complexity index is 950. The van der Waals surface area contributed by atoms with Gasteiger partial charge in [-0.3, -0.25) is 4.79 Å². The van der Waals surface area contributed by atoms with Gasteiger partial charge < -0.3 is 10.6 Å². The first-order valence-electron chi connectivity index (χ1n) is 7.86. The summed E-state index contributed by atoms with van der Waals surface area (Å²) in [4.78, 5) is 12.3. The highest BCUT2D eigenvalue weighted by molar-refractivity contribution is 7.80. The number of rotatable bonds is 3. The van der Waals surface area contributed by atoms with E-state index in [1.54, 1.807) is 6.07 Å². The Hall–Kier alpha value is -2.43. The van der Waals surface area contributed by atoms with Crippen molar-refractivity contribution < 1.29 is 4.79 Å². The molecular weight excluding hydrogens is 352 g/mol. The average molecular weight is 369 g/mol. The number of carbonyl (C=O) groups excluding carboxylic acids is 1. The topological polar surface area (TPSA) is 41.1 Å². The molecule has 0 aliphatic carbocycles. The number of hydrogen-bond donors (Lipinski definition) is 2. The number of carbonyl (C=O) groups is 1. The van der Waals surface area contributed by atoms with Gasteiger partial charge in [0.15, 0.2) is 5.11 Å². The number of fused-ring (bicyclic) bond motifs is 1. The minimum atomic E-state index is -0.159. The van der Waals surface area contributed by atoms with Crippen LogP contribution in [0.2, 0.25) is 5.02 Å². The highest BCUT2D eigenvalue weighted by Crippen LogP contribution is 2.20. The van der Waals surface area contributed by atoms with Crippen molar-refractivity contribution in [3.8, 4) is 0 Å². The lowest BCUT2D eigenvalue weighted by Gasteiger charge is -2.12. The van der Waals surface area contributed by atoms with Crippen LogP contribution in [0.4, 0.5) is 5.69 Å². The molecular formula is C20H17ClN2OS. The molecule has 3 aromatic rings. The monoisotopic (exact) mass is 368 g/mol. The number of halogens is 1. The smallest absolute Gasteiger partial charge is 0.230 e. The Morgan fingerprint density at radius 2 is 1.84 bits per heavy atom. The van der Waals surface area contributed by atoms with Gasteiger partial charge in [0.05, 0.1) is 6.42 Å². The van der Waals surface area contributed by atoms with Gasteiger partial charge in [0.2, 0.25) is 5.91 Å². The fraction of sp³-hybridized carbons (Fsp3) is 0.100. The van der Waals surface area contributed by atoms with Gasteiger partial charge in [-0.25, -0.2) is 0 Å². The normalized spacial score (nSPS) is 10.5. The van der Waals surface area contributed by atoms with E-state index in [9.17, 15) is 4.79 Å². The molecule has 0 saturated carbocycles. The summed E-state index contributed by atoms with van der Waals surface area (Å²) in [6.07, 6.45) is 0.262. The van der Waals surface area contributed by atoms with Crippen LogP contribution in [-0.4, -0.2) is 11.0 Å². The number of hydrogen-bond acceptors (Lipinski definition) is 2. The maximum absolute atomic E-state index is 12.3. The van der Waals surface area contributed by atoms with Gasteiger partial charge in [-0.05, 0) is 53.2 Å². The van der Waals surface area contributed by atoms with Crippen molar-refractivity contribution in [3.63, 3.8) is 0 Å². The van der Waals surface area contributed by atoms with Crippen LogP contribution in [-0.2, 0) is 11.2 Å². The van der Waals surface area contributed by atoms with Gasteiger partial charge in [-0.1, -0.05) is 60.1 Å². The van der Waals surface area contributed by atoms with E-state index in [1.807, 2.05) is 61.5 Å². The molecule has 0 atom stereocenters. The standard InChI is InChI=1S/C20H17ClN2OS/c1-13-9-10-16(21)12-18(13)22-20(25)23-19(24)11-15-7-4-6-14-5-2-3-8-17(14)15/h2-10,12H,11H2,1H3,(H2,22,23,24,25). The average Bonchev–Trinajstić information content (AvgIpc) is 2.58. The lowest BCUT2D eigenvalue weighted by molar-refractivity contribution is -0.119. The molecule has 0 fully saturated rings. The Labute approximate surface area is 157 Å². The van der Waals surface area contributed by atoms with Gasteiger partial charge in [-0.2, -0.15) is 0 Å². The van der Waals surface area contributed by atoms with Crippen LogP contribution in [0.1, 0.15) is 11.1 Å². The zero-order valence-corrected chi connectivity index (χ0v) is 15.2. The second kappa shape index (κ2) is 7.64. The molecule has 0 radical (unpaired) electrons. The summed E-state index contributed by atoms with van der Waals surface area (Å²) in [6.45, 7) is 1.94. The minimum Gasteiger partial charge on any atom is -0.332 e. The molecule has 0 heterocycles. The van der Waals surface area contributed by atoms with Crippen LogP contribution in [0.15, 0.2) is 60.7 Å². The van der Waals surface area contributed by atoms with Crippen molar-refractivity contribution in [1.82, 2.24) is 5.32 Å². The Morgan fingerprint density at radius 1 is 1.08 bits per heavy atom. The number of nitrogens with one attached hydrogen (secondary N) is 2. The quantitative estimate of drug-likeness (QED) is 0.649. The number of thiocarbonyl (C=S) groups is 1. The van der Waals surface area contributed by atoms with Gasteiger partial charge >= 0.3 is 0 Å². The molecule has 0 bridgehead atoms. The summed E-state index contributed by atoms with van der Waals surface area (Å²) in [5, 5.41) is 8.80. The van der Waals surface area contributed by atoms with Crippen molar-refractivity contribution in [2.24, 2.45) is 0 Å². The van der Waals surface area contributed by atoms with Crippen LogP contribution in [0, 0.1) is 6.92 Å². The third-order valence-corrected chi connectivity index (χ3v) is 4.37. The van der Waals surface area contributed by atoms with E-state index in [0.29, 0.717) is 5.02 Å². The first kappa shape index (κ1) is 17.4. The molecule has 0 saturated heterocycles. The summed E-state index contributed by atoms with van der Waals surface area (Å²) < 4.78 is 0. The first-order chi connectivity index (χ1) is 12.0. The van der Waals surface area contributed by atoms with E-state index in [-0.39, 0.29) is 17.4 Å². The van der Waals surface area contributed by atoms with Crippen LogP contribution in [0.5, 0.6) is 0 Å². The molecule has 0 aromatic heterocycles. The van der Waals surface area contributed by atoms with E-state index in [2.05, 4.69) is 10.6 Å². The number of amides is 1. The van der Waals surface area contributed by atoms with Gasteiger partial charge in [0.25, 0.3) is 0 Å². The predicted octanol–water partition coefficient (Wildman–Crippen LogP) is 4.86. The summed E-state index contributed by atoms with van der Waals surface area (Å²) in [5.74, 6) is -0.159. The maximum Gasteiger partial charge on any atom is 0.230 e. The van der Waals surface area contributed by atoms with E-state index < -0.39 is 0 Å². The molecule has 126 valence electrons. The van der Waals surface area contributed by atoms with E-state index >= 15 is 0 Å². The highest BCUT2D eigenvalue weighted by atomic mass is 35.5. The zero-order valence-electron chi connectivity index (χ0n) is 13.7. The van der Waals surface area contributed by atoms with Crippen LogP contribution in [0.25, 0.3) is 10.8 Å². The molecule has 25 heavy (non-hydrogen) atoms. The summed E-state index contributed by atoms with van der Waals surface area (Å²) in [6, 6.07) is 19.4. The van der Waals surface area contributed by atoms with Crippen LogP contribution >= 0.6 is 23.8 Å². The van der Waals surface area contributed by atoms with Crippen molar-refractivity contribution in [2.75, 3.05) is 5.32 Å². The minimum absolute atomic E-state index is 0.159. The van der Waals surface area contributed by atoms with Crippen molar-refractivity contribution in [3.05, 3.63) is 76.8 Å². The van der Waals surface area contributed by atoms with Crippen LogP contribution < -0.4 is 10.6 Å². The van der Waals surface area contributed by atoms with Crippen molar-refractivity contribution in [2.45, 2.75) is 13.3 Å². The second-order valence-electron chi connectivity index (χ2n) is 5.78. The number of aryl methyl sites for hydroxylation is 1. The van der Waals surface area contributed by atoms with E-state index in [0.717, 1.165) is 27.6 Å². The molecule has 0 unspecified atom stereocenters. The second-order valence-corrected chi connectivity index (χ2v) is 6.62. The number of benzene rings is 3. The lowest BCUT2D eigenvalue weighted by atomic mass is 10.0. The van der Waals surface area contributed by atoms with Crippen molar-refractivity contribution >= 4 is 51.3 Å². The van der Waals surface area contributed by atoms with Crippen molar-refractivity contribution in [1.29, 1.82) is 0 Å². The predicted molar refractivity (Wildman–Crippen MR) is 108 cm³/mol. The molecule has 3 nitrogen and oxygen atoms in total. The highest BCUT2D eigenvalue weighted by Gasteiger charge is 2.09. The molecule has 5 heteroatoms. The van der Waals surface area contributed by atoms with Crippen LogP contribution in [0.3, 0.4) is 0 Å². The van der Waals surface area contributed by atoms with Gasteiger partial charge in [-0.15, -0.1) is 0 Å². The fourth-order valence-electron chi connectivity index (χ4n) is 2.67. The summed E-state index contributed by atoms with van der Waals surface area (Å²) in [5.41, 5.74) is 2.75. The van der Waals surface area contributed by atoms with Gasteiger partial charge in [0, 0.05) is 10.7 Å². The third-order valence-electron chi connectivity index (χ3n) is 3.93. The van der Waals surface area contributed by atoms with E-state index in [1.165, 1.54) is 0 Å². The third kappa shape index (κ3) is 4.35. The maximum atomic E-state index is 12.3. The largest absolute Gasteiger partial charge is 0.332 e. The van der Waals surface area contributed by atoms with Gasteiger partial charge in [0.1, 0.15) is 0 Å². The Morgan fingerprint density at radius 3 is 2.68 bits per heavy atom. The molecule has 0 aliphatic heterocycles. The fourth-order valence-corrected chi connectivity index (χ4v) is 3.07. The molecule has 3 rings (SSSR count). The molecule has 0 spiro atoms. The molecule has 0 aliphatic rings. The SMILES string of the molecule is Cc1ccc(Cl)cc1NC(=S)NC(=O)Cc1cccc2ccccc12. The summed E-state index contributed by atoms with van der Waals surface area (Å²) >= 11 is 11.2.